The van der Waals surface area contributed by atoms with Crippen LogP contribution in [0.4, 0.5) is 5.69 Å². The molecule has 9 heteroatoms. The van der Waals surface area contributed by atoms with Gasteiger partial charge in [0.1, 0.15) is 12.6 Å². The van der Waals surface area contributed by atoms with Crippen molar-refractivity contribution < 1.29 is 18.0 Å². The quantitative estimate of drug-likeness (QED) is 0.175. The van der Waals surface area contributed by atoms with E-state index in [0.29, 0.717) is 22.7 Å². The number of halogens is 1. The van der Waals surface area contributed by atoms with Gasteiger partial charge >= 0.3 is 0 Å². The molecule has 0 saturated heterocycles. The molecule has 236 valence electrons. The number of amides is 2. The molecule has 0 aliphatic rings. The first-order valence-electron chi connectivity index (χ1n) is 15.0. The Labute approximate surface area is 271 Å². The Kier molecular flexibility index (Phi) is 11.4. The van der Waals surface area contributed by atoms with Gasteiger partial charge in [0, 0.05) is 24.0 Å². The maximum atomic E-state index is 14.6. The van der Waals surface area contributed by atoms with Crippen molar-refractivity contribution in [1.82, 2.24) is 10.2 Å². The van der Waals surface area contributed by atoms with Crippen LogP contribution >= 0.6 is 11.6 Å². The number of rotatable bonds is 13. The van der Waals surface area contributed by atoms with Gasteiger partial charge in [0.2, 0.25) is 11.8 Å². The lowest BCUT2D eigenvalue weighted by molar-refractivity contribution is -0.140. The smallest absolute Gasteiger partial charge is 0.264 e. The minimum atomic E-state index is -4.18. The molecule has 4 rings (SSSR count). The number of nitrogens with one attached hydrogen (secondary N) is 1. The molecule has 7 nitrogen and oxygen atoms in total. The molecule has 0 heterocycles. The van der Waals surface area contributed by atoms with Crippen LogP contribution in [0.25, 0.3) is 0 Å². The Morgan fingerprint density at radius 1 is 0.844 bits per heavy atom. The van der Waals surface area contributed by atoms with Gasteiger partial charge in [-0.2, -0.15) is 0 Å². The molecule has 0 spiro atoms. The molecule has 1 N–H and O–H groups in total. The third-order valence-corrected chi connectivity index (χ3v) is 9.79. The fourth-order valence-electron chi connectivity index (χ4n) is 5.02. The molecule has 2 amide bonds. The first-order valence-corrected chi connectivity index (χ1v) is 16.8. The van der Waals surface area contributed by atoms with Gasteiger partial charge in [0.25, 0.3) is 10.0 Å². The standard InChI is InChI=1S/C36H40ClN3O4S/c1-5-28(4)38-36(42)34(23-29-12-8-6-9-13-29)39(24-30-18-16-26(2)17-19-30)35(41)25-40(33-21-20-31(37)22-27(33)3)45(43,44)32-14-10-7-11-15-32/h6-22,28,34H,5,23-25H2,1-4H3,(H,38,42)/t28-,34-/m1/s1. The fourth-order valence-corrected chi connectivity index (χ4v) is 6.74. The van der Waals surface area contributed by atoms with E-state index in [-0.39, 0.29) is 29.8 Å². The summed E-state index contributed by atoms with van der Waals surface area (Å²) >= 11 is 6.23. The third kappa shape index (κ3) is 8.74. The van der Waals surface area contributed by atoms with Crippen LogP contribution in [-0.2, 0) is 32.6 Å². The number of hydrogen-bond acceptors (Lipinski definition) is 4. The Morgan fingerprint density at radius 3 is 2.07 bits per heavy atom. The topological polar surface area (TPSA) is 86.8 Å². The minimum absolute atomic E-state index is 0.0487. The summed E-state index contributed by atoms with van der Waals surface area (Å²) < 4.78 is 29.4. The first kappa shape index (κ1) is 33.7. The van der Waals surface area contributed by atoms with Crippen LogP contribution in [0.2, 0.25) is 5.02 Å². The van der Waals surface area contributed by atoms with Crippen LogP contribution in [0.3, 0.4) is 0 Å². The molecule has 0 fully saturated rings. The Bertz CT molecular complexity index is 1700. The second-order valence-corrected chi connectivity index (χ2v) is 13.6. The predicted octanol–water partition coefficient (Wildman–Crippen LogP) is 6.71. The van der Waals surface area contributed by atoms with Crippen molar-refractivity contribution in [3.8, 4) is 0 Å². The molecule has 0 saturated carbocycles. The van der Waals surface area contributed by atoms with E-state index in [1.807, 2.05) is 75.4 Å². The van der Waals surface area contributed by atoms with Crippen molar-refractivity contribution in [2.45, 2.75) is 64.1 Å². The zero-order valence-corrected chi connectivity index (χ0v) is 27.7. The lowest BCUT2D eigenvalue weighted by Crippen LogP contribution is -2.54. The number of carbonyl (C=O) groups excluding carboxylic acids is 2. The van der Waals surface area contributed by atoms with E-state index >= 15 is 0 Å². The van der Waals surface area contributed by atoms with E-state index in [1.165, 1.54) is 17.0 Å². The van der Waals surface area contributed by atoms with Gasteiger partial charge in [-0.05, 0) is 74.2 Å². The molecular formula is C36H40ClN3O4S. The maximum absolute atomic E-state index is 14.6. The van der Waals surface area contributed by atoms with E-state index in [0.717, 1.165) is 21.0 Å². The number of sulfonamides is 1. The van der Waals surface area contributed by atoms with Crippen molar-refractivity contribution in [3.63, 3.8) is 0 Å². The summed E-state index contributed by atoms with van der Waals surface area (Å²) in [6.07, 6.45) is 0.973. The van der Waals surface area contributed by atoms with Crippen molar-refractivity contribution in [2.24, 2.45) is 0 Å². The highest BCUT2D eigenvalue weighted by molar-refractivity contribution is 7.92. The number of aryl methyl sites for hydroxylation is 2. The van der Waals surface area contributed by atoms with E-state index in [9.17, 15) is 18.0 Å². The van der Waals surface area contributed by atoms with Gasteiger partial charge in [-0.15, -0.1) is 0 Å². The fraction of sp³-hybridized carbons (Fsp3) is 0.278. The number of nitrogens with zero attached hydrogens (tertiary/aromatic N) is 2. The molecule has 2 atom stereocenters. The van der Waals surface area contributed by atoms with Crippen LogP contribution in [0, 0.1) is 13.8 Å². The summed E-state index contributed by atoms with van der Waals surface area (Å²) in [5.41, 5.74) is 3.69. The minimum Gasteiger partial charge on any atom is -0.352 e. The van der Waals surface area contributed by atoms with Crippen molar-refractivity contribution in [3.05, 3.63) is 130 Å². The molecule has 45 heavy (non-hydrogen) atoms. The zero-order chi connectivity index (χ0) is 32.6. The van der Waals surface area contributed by atoms with Crippen LogP contribution in [0.15, 0.2) is 108 Å². The average Bonchev–Trinajstić information content (AvgIpc) is 3.03. The van der Waals surface area contributed by atoms with Gasteiger partial charge in [-0.25, -0.2) is 8.42 Å². The Balaban J connectivity index is 1.82. The van der Waals surface area contributed by atoms with Crippen LogP contribution < -0.4 is 9.62 Å². The highest BCUT2D eigenvalue weighted by atomic mass is 35.5. The van der Waals surface area contributed by atoms with Crippen LogP contribution in [0.5, 0.6) is 0 Å². The van der Waals surface area contributed by atoms with E-state index in [4.69, 9.17) is 11.6 Å². The molecule has 0 radical (unpaired) electrons. The van der Waals surface area contributed by atoms with Crippen molar-refractivity contribution in [2.75, 3.05) is 10.8 Å². The van der Waals surface area contributed by atoms with E-state index in [1.54, 1.807) is 43.3 Å². The third-order valence-electron chi connectivity index (χ3n) is 7.78. The van der Waals surface area contributed by atoms with Gasteiger partial charge in [-0.3, -0.25) is 13.9 Å². The summed E-state index contributed by atoms with van der Waals surface area (Å²) in [6, 6.07) is 29.1. The SMILES string of the molecule is CC[C@@H](C)NC(=O)[C@@H](Cc1ccccc1)N(Cc1ccc(C)cc1)C(=O)CN(c1ccc(Cl)cc1C)S(=O)(=O)c1ccccc1. The lowest BCUT2D eigenvalue weighted by atomic mass is 10.0. The van der Waals surface area contributed by atoms with Crippen LogP contribution in [0.1, 0.15) is 42.5 Å². The van der Waals surface area contributed by atoms with Crippen molar-refractivity contribution in [1.29, 1.82) is 0 Å². The van der Waals surface area contributed by atoms with Gasteiger partial charge in [0.15, 0.2) is 0 Å². The number of carbonyl (C=O) groups is 2. The lowest BCUT2D eigenvalue weighted by Gasteiger charge is -2.34. The number of benzene rings is 4. The van der Waals surface area contributed by atoms with Crippen LogP contribution in [-0.4, -0.2) is 43.8 Å². The molecule has 4 aromatic carbocycles. The number of hydrogen-bond donors (Lipinski definition) is 1. The predicted molar refractivity (Wildman–Crippen MR) is 181 cm³/mol. The summed E-state index contributed by atoms with van der Waals surface area (Å²) in [6.45, 7) is 7.22. The summed E-state index contributed by atoms with van der Waals surface area (Å²) in [4.78, 5) is 30.0. The zero-order valence-electron chi connectivity index (χ0n) is 26.1. The van der Waals surface area contributed by atoms with Gasteiger partial charge in [-0.1, -0.05) is 96.9 Å². The van der Waals surface area contributed by atoms with E-state index in [2.05, 4.69) is 5.32 Å². The maximum Gasteiger partial charge on any atom is 0.264 e. The summed E-state index contributed by atoms with van der Waals surface area (Å²) in [5.74, 6) is -0.807. The largest absolute Gasteiger partial charge is 0.352 e. The number of anilines is 1. The second kappa shape index (κ2) is 15.2. The highest BCUT2D eigenvalue weighted by Gasteiger charge is 2.35. The Hall–Kier alpha value is -4.14. The van der Waals surface area contributed by atoms with Gasteiger partial charge in [0.05, 0.1) is 10.6 Å². The van der Waals surface area contributed by atoms with Crippen molar-refractivity contribution >= 4 is 39.1 Å². The normalized spacial score (nSPS) is 12.6. The molecule has 0 unspecified atom stereocenters. The Morgan fingerprint density at radius 2 is 1.47 bits per heavy atom. The second-order valence-electron chi connectivity index (χ2n) is 11.3. The molecule has 0 aliphatic carbocycles. The molecular weight excluding hydrogens is 606 g/mol. The molecule has 0 bridgehead atoms. The molecule has 4 aromatic rings. The average molecular weight is 646 g/mol. The summed E-state index contributed by atoms with van der Waals surface area (Å²) in [5, 5.41) is 3.51. The summed E-state index contributed by atoms with van der Waals surface area (Å²) in [7, 11) is -4.18. The monoisotopic (exact) mass is 645 g/mol. The molecule has 0 aromatic heterocycles. The molecule has 0 aliphatic heterocycles. The first-order chi connectivity index (χ1) is 21.5. The van der Waals surface area contributed by atoms with E-state index < -0.39 is 28.5 Å². The van der Waals surface area contributed by atoms with Gasteiger partial charge < -0.3 is 10.2 Å². The highest BCUT2D eigenvalue weighted by Crippen LogP contribution is 2.29.